The zero-order valence-electron chi connectivity index (χ0n) is 8.79. The first kappa shape index (κ1) is 14.1. The monoisotopic (exact) mass is 233 g/mol. The molecule has 0 saturated heterocycles. The summed E-state index contributed by atoms with van der Waals surface area (Å²) in [7, 11) is 0. The molecule has 9 nitrogen and oxygen atoms in total. The van der Waals surface area contributed by atoms with Crippen LogP contribution in [0.1, 0.15) is 13.3 Å². The van der Waals surface area contributed by atoms with Crippen molar-refractivity contribution in [2.45, 2.75) is 24.9 Å². The molecule has 0 saturated carbocycles. The maximum atomic E-state index is 10.8. The van der Waals surface area contributed by atoms with Crippen LogP contribution in [0.25, 0.3) is 0 Å². The molecule has 0 aromatic rings. The van der Waals surface area contributed by atoms with Crippen LogP contribution in [0.15, 0.2) is 4.99 Å². The number of nitrogens with two attached hydrogens (primary N) is 3. The van der Waals surface area contributed by atoms with Gasteiger partial charge in [-0.05, 0) is 0 Å². The van der Waals surface area contributed by atoms with Crippen LogP contribution in [0.3, 0.4) is 0 Å². The second-order valence-electron chi connectivity index (χ2n) is 3.49. The van der Waals surface area contributed by atoms with Crippen molar-refractivity contribution in [1.82, 2.24) is 0 Å². The number of nitro groups is 1. The van der Waals surface area contributed by atoms with Crippen molar-refractivity contribution < 1.29 is 14.8 Å². The fourth-order valence-corrected chi connectivity index (χ4v) is 1.04. The van der Waals surface area contributed by atoms with Crippen molar-refractivity contribution in [1.29, 1.82) is 0 Å². The largest absolute Gasteiger partial charge is 0.480 e. The lowest BCUT2D eigenvalue weighted by molar-refractivity contribution is -0.567. The molecular formula is C7H15N5O4. The predicted molar refractivity (Wildman–Crippen MR) is 56.3 cm³/mol. The van der Waals surface area contributed by atoms with E-state index in [2.05, 4.69) is 4.99 Å². The van der Waals surface area contributed by atoms with Gasteiger partial charge in [0.1, 0.15) is 0 Å². The Bertz CT molecular complexity index is 314. The number of hydrogen-bond donors (Lipinski definition) is 4. The van der Waals surface area contributed by atoms with E-state index in [9.17, 15) is 14.9 Å². The Morgan fingerprint density at radius 3 is 2.44 bits per heavy atom. The molecule has 0 aliphatic heterocycles. The summed E-state index contributed by atoms with van der Waals surface area (Å²) in [6.07, 6.45) is -0.161. The number of hydrogen-bond acceptors (Lipinski definition) is 5. The van der Waals surface area contributed by atoms with Gasteiger partial charge in [0, 0.05) is 24.8 Å². The van der Waals surface area contributed by atoms with E-state index in [-0.39, 0.29) is 18.9 Å². The minimum Gasteiger partial charge on any atom is -0.480 e. The van der Waals surface area contributed by atoms with E-state index < -0.39 is 22.5 Å². The average Bonchev–Trinajstić information content (AvgIpc) is 2.15. The molecule has 1 unspecified atom stereocenters. The van der Waals surface area contributed by atoms with Gasteiger partial charge in [-0.15, -0.1) is 0 Å². The number of carbonyl (C=O) groups is 1. The van der Waals surface area contributed by atoms with Gasteiger partial charge in [-0.25, -0.2) is 0 Å². The second kappa shape index (κ2) is 5.26. The Hall–Kier alpha value is -1.90. The summed E-state index contributed by atoms with van der Waals surface area (Å²) in [4.78, 5) is 24.3. The molecule has 0 heterocycles. The van der Waals surface area contributed by atoms with Crippen LogP contribution in [0.5, 0.6) is 0 Å². The predicted octanol–water partition coefficient (Wildman–Crippen LogP) is -1.90. The van der Waals surface area contributed by atoms with Gasteiger partial charge in [0.05, 0.1) is 0 Å². The molecule has 16 heavy (non-hydrogen) atoms. The standard InChI is InChI=1S/C7H15N5O4/c1-7(12(15)16,4(8)5(13)14)2-3-11-6(9)10/h4H,2-3,8H2,1H3,(H,13,14)(H4,9,10,11)/t4-,7?/m1/s1. The number of guanidine groups is 1. The normalized spacial score (nSPS) is 15.9. The van der Waals surface area contributed by atoms with E-state index in [1.165, 1.54) is 0 Å². The van der Waals surface area contributed by atoms with Gasteiger partial charge in [0.15, 0.2) is 12.0 Å². The third kappa shape index (κ3) is 3.35. The summed E-state index contributed by atoms with van der Waals surface area (Å²) >= 11 is 0. The first-order valence-corrected chi connectivity index (χ1v) is 4.40. The minimum atomic E-state index is -1.80. The minimum absolute atomic E-state index is 0.0548. The Labute approximate surface area is 91.5 Å². The molecule has 0 radical (unpaired) electrons. The van der Waals surface area contributed by atoms with Gasteiger partial charge in [-0.2, -0.15) is 0 Å². The van der Waals surface area contributed by atoms with Crippen LogP contribution >= 0.6 is 0 Å². The second-order valence-corrected chi connectivity index (χ2v) is 3.49. The smallest absolute Gasteiger partial charge is 0.327 e. The zero-order chi connectivity index (χ0) is 12.9. The van der Waals surface area contributed by atoms with Crippen LogP contribution in [-0.4, -0.2) is 40.1 Å². The summed E-state index contributed by atoms with van der Waals surface area (Å²) in [5.74, 6) is -1.65. The highest BCUT2D eigenvalue weighted by atomic mass is 16.6. The van der Waals surface area contributed by atoms with E-state index in [0.29, 0.717) is 0 Å². The van der Waals surface area contributed by atoms with Crippen LogP contribution in [-0.2, 0) is 4.79 Å². The van der Waals surface area contributed by atoms with Gasteiger partial charge in [0.2, 0.25) is 5.54 Å². The fraction of sp³-hybridized carbons (Fsp3) is 0.714. The fourth-order valence-electron chi connectivity index (χ4n) is 1.04. The zero-order valence-corrected chi connectivity index (χ0v) is 8.79. The average molecular weight is 233 g/mol. The van der Waals surface area contributed by atoms with Crippen molar-refractivity contribution in [3.63, 3.8) is 0 Å². The molecule has 7 N–H and O–H groups in total. The number of carboxylic acid groups (broad SMARTS) is 1. The lowest BCUT2D eigenvalue weighted by Gasteiger charge is -2.23. The molecular weight excluding hydrogens is 218 g/mol. The molecule has 92 valence electrons. The Balaban J connectivity index is 4.78. The molecule has 0 amide bonds. The summed E-state index contributed by atoms with van der Waals surface area (Å²) in [6.45, 7) is 1.09. The molecule has 2 atom stereocenters. The van der Waals surface area contributed by atoms with E-state index >= 15 is 0 Å². The van der Waals surface area contributed by atoms with Crippen molar-refractivity contribution in [2.75, 3.05) is 6.54 Å². The topological polar surface area (TPSA) is 171 Å². The highest BCUT2D eigenvalue weighted by Crippen LogP contribution is 2.18. The van der Waals surface area contributed by atoms with Gasteiger partial charge in [-0.3, -0.25) is 19.9 Å². The molecule has 0 aliphatic rings. The molecule has 0 spiro atoms. The number of nitrogens with zero attached hydrogens (tertiary/aromatic N) is 2. The molecule has 0 aliphatic carbocycles. The highest BCUT2D eigenvalue weighted by Gasteiger charge is 2.47. The lowest BCUT2D eigenvalue weighted by Crippen LogP contribution is -2.56. The lowest BCUT2D eigenvalue weighted by atomic mass is 9.90. The summed E-state index contributed by atoms with van der Waals surface area (Å²) < 4.78 is 0. The number of aliphatic carboxylic acids is 1. The third-order valence-corrected chi connectivity index (χ3v) is 2.27. The first-order chi connectivity index (χ1) is 7.21. The molecule has 0 bridgehead atoms. The molecule has 9 heteroatoms. The summed E-state index contributed by atoms with van der Waals surface area (Å²) in [6, 6.07) is -1.61. The van der Waals surface area contributed by atoms with E-state index in [0.717, 1.165) is 6.92 Å². The van der Waals surface area contributed by atoms with E-state index in [1.807, 2.05) is 0 Å². The Morgan fingerprint density at radius 2 is 2.12 bits per heavy atom. The molecule has 0 aromatic carbocycles. The molecule has 0 rings (SSSR count). The van der Waals surface area contributed by atoms with Gasteiger partial charge >= 0.3 is 5.97 Å². The first-order valence-electron chi connectivity index (χ1n) is 4.40. The molecule has 0 aromatic heterocycles. The van der Waals surface area contributed by atoms with Gasteiger partial charge in [-0.1, -0.05) is 0 Å². The quantitative estimate of drug-likeness (QED) is 0.179. The van der Waals surface area contributed by atoms with Crippen molar-refractivity contribution in [3.05, 3.63) is 10.1 Å². The van der Waals surface area contributed by atoms with E-state index in [4.69, 9.17) is 22.3 Å². The molecule has 0 fully saturated rings. The summed E-state index contributed by atoms with van der Waals surface area (Å²) in [5.41, 5.74) is 13.5. The van der Waals surface area contributed by atoms with Crippen molar-refractivity contribution in [2.24, 2.45) is 22.2 Å². The van der Waals surface area contributed by atoms with Crippen LogP contribution in [0.4, 0.5) is 0 Å². The van der Waals surface area contributed by atoms with Crippen molar-refractivity contribution >= 4 is 11.9 Å². The maximum absolute atomic E-state index is 10.8. The van der Waals surface area contributed by atoms with Gasteiger partial charge < -0.3 is 22.3 Å². The third-order valence-electron chi connectivity index (χ3n) is 2.27. The van der Waals surface area contributed by atoms with Crippen LogP contribution in [0, 0.1) is 10.1 Å². The van der Waals surface area contributed by atoms with E-state index in [1.54, 1.807) is 0 Å². The Kier molecular flexibility index (Phi) is 4.63. The number of rotatable bonds is 6. The van der Waals surface area contributed by atoms with Crippen LogP contribution in [0.2, 0.25) is 0 Å². The number of aliphatic imine (C=N–C) groups is 1. The SMILES string of the molecule is CC(CCN=C(N)N)([C@H](N)C(=O)O)[N+](=O)[O-]. The Morgan fingerprint density at radius 1 is 1.62 bits per heavy atom. The van der Waals surface area contributed by atoms with Gasteiger partial charge in [0.25, 0.3) is 0 Å². The maximum Gasteiger partial charge on any atom is 0.327 e. The summed E-state index contributed by atoms with van der Waals surface area (Å²) in [5, 5.41) is 19.5. The highest BCUT2D eigenvalue weighted by molar-refractivity contribution is 5.76. The van der Waals surface area contributed by atoms with Crippen LogP contribution < -0.4 is 17.2 Å². The van der Waals surface area contributed by atoms with Crippen molar-refractivity contribution in [3.8, 4) is 0 Å². The number of carboxylic acids is 1.